The number of thiol groups is 1. The minimum absolute atomic E-state index is 0.0442. The monoisotopic (exact) mass is 451 g/mol. The van der Waals surface area contributed by atoms with Crippen LogP contribution in [0.1, 0.15) is 74.9 Å². The maximum Gasteiger partial charge on any atom is 0.330 e. The van der Waals surface area contributed by atoms with Gasteiger partial charge in [0.15, 0.2) is 4.34 Å². The van der Waals surface area contributed by atoms with Gasteiger partial charge in [0.1, 0.15) is 0 Å². The minimum Gasteiger partial charge on any atom is -0.385 e. The third kappa shape index (κ3) is 5.43. The summed E-state index contributed by atoms with van der Waals surface area (Å²) in [5.74, 6) is 0.0909. The topological polar surface area (TPSA) is 141 Å². The van der Waals surface area contributed by atoms with E-state index in [4.69, 9.17) is 5.14 Å². The van der Waals surface area contributed by atoms with Crippen molar-refractivity contribution in [3.8, 4) is 6.07 Å². The molecule has 0 atom stereocenters. The Hall–Kier alpha value is -2.32. The molecule has 5 N–H and O–H groups in total. The molecule has 0 bridgehead atoms. The number of carbonyl (C=O) groups excluding carboxylic acids is 1. The Morgan fingerprint density at radius 3 is 2.20 bits per heavy atom. The van der Waals surface area contributed by atoms with E-state index in [0.29, 0.717) is 16.1 Å². The predicted molar refractivity (Wildman–Crippen MR) is 121 cm³/mol. The second-order valence-electron chi connectivity index (χ2n) is 8.24. The van der Waals surface area contributed by atoms with Crippen LogP contribution < -0.4 is 15.2 Å². The van der Waals surface area contributed by atoms with Gasteiger partial charge in [0, 0.05) is 11.9 Å². The first-order chi connectivity index (χ1) is 13.8. The van der Waals surface area contributed by atoms with Crippen LogP contribution in [0.15, 0.2) is 22.7 Å². The van der Waals surface area contributed by atoms with Crippen molar-refractivity contribution in [2.24, 2.45) is 5.14 Å². The number of nitrogens with one attached hydrogen (secondary N) is 2. The molecule has 30 heavy (non-hydrogen) atoms. The zero-order chi connectivity index (χ0) is 22.9. The molecule has 164 valence electrons. The molecule has 0 saturated carbocycles. The van der Waals surface area contributed by atoms with E-state index in [1.165, 1.54) is 6.20 Å². The first kappa shape index (κ1) is 24.0. The zero-order valence-corrected chi connectivity index (χ0v) is 19.7. The minimum atomic E-state index is -3.80. The molecule has 0 spiro atoms. The van der Waals surface area contributed by atoms with Gasteiger partial charge in [0.2, 0.25) is 0 Å². The number of rotatable bonds is 6. The average molecular weight is 452 g/mol. The Bertz CT molecular complexity index is 1000. The molecule has 2 amide bonds. The molecular formula is C20H29N5O3S2. The number of benzene rings is 1. The number of aliphatic hydroxyl groups is 1. The van der Waals surface area contributed by atoms with Crippen molar-refractivity contribution in [3.63, 3.8) is 0 Å². The van der Waals surface area contributed by atoms with Gasteiger partial charge in [0.05, 0.1) is 32.4 Å². The number of urea groups is 1. The highest BCUT2D eigenvalue weighted by atomic mass is 32.3. The fourth-order valence-corrected chi connectivity index (χ4v) is 5.16. The molecule has 0 aliphatic heterocycles. The van der Waals surface area contributed by atoms with E-state index in [0.717, 1.165) is 22.5 Å². The van der Waals surface area contributed by atoms with Gasteiger partial charge < -0.3 is 10.4 Å². The molecular weight excluding hydrogens is 422 g/mol. The first-order valence-corrected chi connectivity index (χ1v) is 12.1. The quantitative estimate of drug-likeness (QED) is 0.428. The van der Waals surface area contributed by atoms with Crippen LogP contribution in [0.5, 0.6) is 0 Å². The number of anilines is 1. The van der Waals surface area contributed by atoms with Crippen LogP contribution in [0.4, 0.5) is 10.5 Å². The third-order valence-corrected chi connectivity index (χ3v) is 7.88. The Morgan fingerprint density at radius 1 is 1.27 bits per heavy atom. The standard InChI is InChI=1S/C20H29N5O3S2/c1-11(2)14-7-13(9-21)8-15(12(3)4)17(14)24-18(26)25-30(22,28)19-23-10-16(29-19)20(5,6)27/h7-8,10-12,27,30H,1-6H3,(H4,22,24,25,26,28). The number of hydrogen-bond donors (Lipinski definition) is 5. The van der Waals surface area contributed by atoms with Gasteiger partial charge in [0.25, 0.3) is 0 Å². The Morgan fingerprint density at radius 2 is 1.80 bits per heavy atom. The van der Waals surface area contributed by atoms with Crippen LogP contribution >= 0.6 is 11.3 Å². The predicted octanol–water partition coefficient (Wildman–Crippen LogP) is 3.47. The lowest BCUT2D eigenvalue weighted by atomic mass is 9.90. The van der Waals surface area contributed by atoms with Crippen LogP contribution in [0.2, 0.25) is 0 Å². The van der Waals surface area contributed by atoms with Gasteiger partial charge in [-0.05, 0) is 48.9 Å². The van der Waals surface area contributed by atoms with Crippen molar-refractivity contribution in [3.05, 3.63) is 39.9 Å². The normalized spacial score (nSPS) is 12.7. The maximum absolute atomic E-state index is 12.9. The average Bonchev–Trinajstić information content (AvgIpc) is 3.12. The fourth-order valence-electron chi connectivity index (χ4n) is 2.85. The lowest BCUT2D eigenvalue weighted by Gasteiger charge is -2.23. The maximum atomic E-state index is 12.9. The lowest BCUT2D eigenvalue weighted by molar-refractivity contribution is 0.0823. The highest BCUT2D eigenvalue weighted by molar-refractivity contribution is 8.01. The SMILES string of the molecule is CC(C)c1cc(C#N)cc(C(C)C)c1NC(=O)N[SH](N)(=O)c1ncc(C(C)(C)O)s1. The Kier molecular flexibility index (Phi) is 7.04. The largest absolute Gasteiger partial charge is 0.385 e. The van der Waals surface area contributed by atoms with Gasteiger partial charge in [-0.3, -0.25) is 9.86 Å². The number of amides is 2. The van der Waals surface area contributed by atoms with E-state index in [1.807, 2.05) is 27.7 Å². The van der Waals surface area contributed by atoms with Gasteiger partial charge in [-0.25, -0.2) is 14.0 Å². The number of aromatic nitrogens is 1. The fraction of sp³-hybridized carbons (Fsp3) is 0.450. The van der Waals surface area contributed by atoms with Crippen LogP contribution in [0.25, 0.3) is 0 Å². The van der Waals surface area contributed by atoms with E-state index >= 15 is 0 Å². The molecule has 1 heterocycles. The van der Waals surface area contributed by atoms with E-state index < -0.39 is 21.9 Å². The molecule has 10 heteroatoms. The van der Waals surface area contributed by atoms with Crippen molar-refractivity contribution in [2.75, 3.05) is 5.32 Å². The first-order valence-electron chi connectivity index (χ1n) is 9.51. The van der Waals surface area contributed by atoms with Crippen LogP contribution in [-0.2, 0) is 15.9 Å². The summed E-state index contributed by atoms with van der Waals surface area (Å²) in [6, 6.07) is 4.91. The zero-order valence-electron chi connectivity index (χ0n) is 18.0. The van der Waals surface area contributed by atoms with Crippen LogP contribution in [0, 0.1) is 11.3 Å². The molecule has 0 aliphatic rings. The molecule has 0 fully saturated rings. The van der Waals surface area contributed by atoms with Gasteiger partial charge in [-0.1, -0.05) is 27.7 Å². The Labute approximate surface area is 182 Å². The lowest BCUT2D eigenvalue weighted by Crippen LogP contribution is -2.45. The molecule has 2 rings (SSSR count). The highest BCUT2D eigenvalue weighted by Crippen LogP contribution is 2.34. The molecule has 0 radical (unpaired) electrons. The van der Waals surface area contributed by atoms with E-state index in [-0.39, 0.29) is 16.2 Å². The van der Waals surface area contributed by atoms with Crippen molar-refractivity contribution in [2.45, 2.75) is 63.3 Å². The second kappa shape index (κ2) is 8.81. The molecule has 1 aromatic carbocycles. The number of thiazole rings is 1. The molecule has 1 aromatic heterocycles. The van der Waals surface area contributed by atoms with Gasteiger partial charge >= 0.3 is 6.03 Å². The summed E-state index contributed by atoms with van der Waals surface area (Å²) in [5.41, 5.74) is 1.54. The van der Waals surface area contributed by atoms with Crippen molar-refractivity contribution < 1.29 is 14.1 Å². The summed E-state index contributed by atoms with van der Waals surface area (Å²) in [7, 11) is -3.80. The summed E-state index contributed by atoms with van der Waals surface area (Å²) in [5, 5.41) is 28.1. The van der Waals surface area contributed by atoms with Crippen LogP contribution in [-0.4, -0.2) is 20.3 Å². The third-order valence-electron chi connectivity index (χ3n) is 4.46. The summed E-state index contributed by atoms with van der Waals surface area (Å²) in [6.07, 6.45) is 1.40. The highest BCUT2D eigenvalue weighted by Gasteiger charge is 2.26. The molecule has 0 aliphatic carbocycles. The summed E-state index contributed by atoms with van der Waals surface area (Å²) < 4.78 is 15.3. The Balaban J connectivity index is 2.35. The summed E-state index contributed by atoms with van der Waals surface area (Å²) in [4.78, 5) is 17.2. The van der Waals surface area contributed by atoms with Gasteiger partial charge in [-0.2, -0.15) is 5.26 Å². The molecule has 0 saturated heterocycles. The van der Waals surface area contributed by atoms with Crippen molar-refractivity contribution >= 4 is 33.4 Å². The van der Waals surface area contributed by atoms with E-state index in [2.05, 4.69) is 21.1 Å². The van der Waals surface area contributed by atoms with E-state index in [1.54, 1.807) is 26.0 Å². The molecule has 8 nitrogen and oxygen atoms in total. The van der Waals surface area contributed by atoms with Crippen molar-refractivity contribution in [1.29, 1.82) is 5.26 Å². The number of hydrogen-bond acceptors (Lipinski definition) is 6. The van der Waals surface area contributed by atoms with Crippen molar-refractivity contribution in [1.82, 2.24) is 9.71 Å². The van der Waals surface area contributed by atoms with Gasteiger partial charge in [-0.15, -0.1) is 11.3 Å². The smallest absolute Gasteiger partial charge is 0.330 e. The summed E-state index contributed by atoms with van der Waals surface area (Å²) in [6.45, 7) is 11.0. The van der Waals surface area contributed by atoms with E-state index in [9.17, 15) is 19.4 Å². The summed E-state index contributed by atoms with van der Waals surface area (Å²) >= 11 is 0.988. The number of nitrogens with zero attached hydrogens (tertiary/aromatic N) is 2. The molecule has 0 unspecified atom stereocenters. The molecule has 2 aromatic rings. The number of nitriles is 1. The van der Waals surface area contributed by atoms with Crippen LogP contribution in [0.3, 0.4) is 0 Å². The number of nitrogens with two attached hydrogens (primary N) is 1. The number of carbonyl (C=O) groups is 1. The second-order valence-corrected chi connectivity index (χ2v) is 11.5.